The molecule has 5 aromatic rings. The van der Waals surface area contributed by atoms with Gasteiger partial charge in [-0.3, -0.25) is 9.69 Å². The van der Waals surface area contributed by atoms with Crippen molar-refractivity contribution in [3.63, 3.8) is 0 Å². The number of anilines is 1. The second kappa shape index (κ2) is 9.02. The van der Waals surface area contributed by atoms with Crippen LogP contribution in [0.5, 0.6) is 11.5 Å². The number of piperazine rings is 1. The lowest BCUT2D eigenvalue weighted by molar-refractivity contribution is 0.174. The summed E-state index contributed by atoms with van der Waals surface area (Å²) in [6.45, 7) is 9.33. The largest absolute Gasteiger partial charge is 0.454 e. The number of ether oxygens (including phenoxy) is 2. The standard InChI is InChI=1S/C27H28N8O3S/c1-27(2,3)35-24(30-31-32-35)23(17-12-16-13-20-21(38-15-37-20)14-19(16)28-25(17)36)33-8-10-34(11-9-33)26-29-18-6-4-5-7-22(18)39-26/h4-7,12-14,23H,8-11,15H2,1-3H3,(H,28,36). The monoisotopic (exact) mass is 544 g/mol. The number of hydrogen-bond acceptors (Lipinski definition) is 10. The lowest BCUT2D eigenvalue weighted by Crippen LogP contribution is -2.49. The number of pyridine rings is 1. The van der Waals surface area contributed by atoms with Gasteiger partial charge in [0.15, 0.2) is 22.5 Å². The normalized spacial score (nSPS) is 16.8. The van der Waals surface area contributed by atoms with Gasteiger partial charge in [0.1, 0.15) is 6.04 Å². The first-order valence-electron chi connectivity index (χ1n) is 12.9. The van der Waals surface area contributed by atoms with Crippen molar-refractivity contribution in [2.75, 3.05) is 37.9 Å². The van der Waals surface area contributed by atoms with E-state index in [1.54, 1.807) is 11.3 Å². The molecule has 1 unspecified atom stereocenters. The van der Waals surface area contributed by atoms with E-state index in [2.05, 4.69) is 57.1 Å². The van der Waals surface area contributed by atoms with Crippen molar-refractivity contribution in [2.45, 2.75) is 32.4 Å². The molecule has 2 aliphatic heterocycles. The second-order valence-electron chi connectivity index (χ2n) is 10.9. The fraction of sp³-hybridized carbons (Fsp3) is 0.370. The van der Waals surface area contributed by atoms with Gasteiger partial charge in [-0.25, -0.2) is 9.67 Å². The number of nitrogens with one attached hydrogen (secondary N) is 1. The van der Waals surface area contributed by atoms with E-state index < -0.39 is 6.04 Å². The third-order valence-corrected chi connectivity index (χ3v) is 8.36. The fourth-order valence-corrected chi connectivity index (χ4v) is 6.34. The molecule has 2 aliphatic rings. The van der Waals surface area contributed by atoms with Crippen LogP contribution in [0, 0.1) is 0 Å². The molecule has 1 saturated heterocycles. The number of hydrogen-bond donors (Lipinski definition) is 1. The molecule has 0 amide bonds. The van der Waals surface area contributed by atoms with Crippen LogP contribution in [-0.4, -0.2) is 68.0 Å². The van der Waals surface area contributed by atoms with Crippen molar-refractivity contribution in [3.05, 3.63) is 64.2 Å². The molecule has 0 saturated carbocycles. The Bertz CT molecular complexity index is 1710. The minimum absolute atomic E-state index is 0.171. The van der Waals surface area contributed by atoms with Gasteiger partial charge in [0.25, 0.3) is 5.56 Å². The van der Waals surface area contributed by atoms with Gasteiger partial charge in [-0.05, 0) is 55.5 Å². The molecule has 11 nitrogen and oxygen atoms in total. The molecular weight excluding hydrogens is 516 g/mol. The molecule has 200 valence electrons. The van der Waals surface area contributed by atoms with Crippen LogP contribution >= 0.6 is 11.3 Å². The quantitative estimate of drug-likeness (QED) is 0.363. The number of thiazole rings is 1. The molecule has 1 fully saturated rings. The first-order valence-corrected chi connectivity index (χ1v) is 13.8. The van der Waals surface area contributed by atoms with E-state index in [1.165, 1.54) is 4.70 Å². The third-order valence-electron chi connectivity index (χ3n) is 7.27. The summed E-state index contributed by atoms with van der Waals surface area (Å²) in [5.74, 6) is 1.94. The molecule has 1 atom stereocenters. The van der Waals surface area contributed by atoms with Crippen LogP contribution in [0.4, 0.5) is 5.13 Å². The molecular formula is C27H28N8O3S. The number of aromatic amines is 1. The van der Waals surface area contributed by atoms with Gasteiger partial charge in [-0.1, -0.05) is 23.5 Å². The van der Waals surface area contributed by atoms with E-state index >= 15 is 0 Å². The predicted octanol–water partition coefficient (Wildman–Crippen LogP) is 3.52. The summed E-state index contributed by atoms with van der Waals surface area (Å²) < 4.78 is 14.1. The van der Waals surface area contributed by atoms with Crippen molar-refractivity contribution in [2.24, 2.45) is 0 Å². The lowest BCUT2D eigenvalue weighted by atomic mass is 10.0. The molecule has 39 heavy (non-hydrogen) atoms. The smallest absolute Gasteiger partial charge is 0.253 e. The Morgan fingerprint density at radius 1 is 1.03 bits per heavy atom. The average molecular weight is 545 g/mol. The van der Waals surface area contributed by atoms with E-state index in [0.717, 1.165) is 42.2 Å². The Morgan fingerprint density at radius 3 is 2.56 bits per heavy atom. The summed E-state index contributed by atoms with van der Waals surface area (Å²) >= 11 is 1.71. The van der Waals surface area contributed by atoms with Gasteiger partial charge >= 0.3 is 0 Å². The van der Waals surface area contributed by atoms with Gasteiger partial charge < -0.3 is 19.4 Å². The highest BCUT2D eigenvalue weighted by Gasteiger charge is 2.35. The molecule has 3 aromatic heterocycles. The van der Waals surface area contributed by atoms with Crippen LogP contribution < -0.4 is 19.9 Å². The Morgan fingerprint density at radius 2 is 1.79 bits per heavy atom. The van der Waals surface area contributed by atoms with Crippen molar-refractivity contribution >= 4 is 37.6 Å². The summed E-state index contributed by atoms with van der Waals surface area (Å²) in [5.41, 5.74) is 1.77. The van der Waals surface area contributed by atoms with Crippen molar-refractivity contribution in [3.8, 4) is 11.5 Å². The third kappa shape index (κ3) is 4.20. The Balaban J connectivity index is 1.27. The molecule has 12 heteroatoms. The minimum Gasteiger partial charge on any atom is -0.454 e. The second-order valence-corrected chi connectivity index (χ2v) is 11.9. The van der Waals surface area contributed by atoms with Gasteiger partial charge in [0, 0.05) is 43.2 Å². The van der Waals surface area contributed by atoms with Gasteiger partial charge in [0.05, 0.1) is 21.3 Å². The number of fused-ring (bicyclic) bond motifs is 3. The first-order chi connectivity index (χ1) is 18.8. The van der Waals surface area contributed by atoms with Crippen LogP contribution in [0.3, 0.4) is 0 Å². The van der Waals surface area contributed by atoms with Gasteiger partial charge in [0.2, 0.25) is 6.79 Å². The zero-order valence-corrected chi connectivity index (χ0v) is 22.7. The first kappa shape index (κ1) is 24.0. The van der Waals surface area contributed by atoms with Crippen LogP contribution in [0.15, 0.2) is 47.3 Å². The van der Waals surface area contributed by atoms with E-state index in [0.29, 0.717) is 28.4 Å². The van der Waals surface area contributed by atoms with Crippen molar-refractivity contribution < 1.29 is 9.47 Å². The van der Waals surface area contributed by atoms with E-state index in [4.69, 9.17) is 14.5 Å². The maximum absolute atomic E-state index is 13.6. The number of aromatic nitrogens is 6. The number of para-hydroxylation sites is 1. The molecule has 0 radical (unpaired) electrons. The van der Waals surface area contributed by atoms with Crippen molar-refractivity contribution in [1.82, 2.24) is 35.1 Å². The molecule has 1 N–H and O–H groups in total. The maximum Gasteiger partial charge on any atom is 0.253 e. The summed E-state index contributed by atoms with van der Waals surface area (Å²) in [6.07, 6.45) is 0. The zero-order valence-electron chi connectivity index (χ0n) is 21.9. The molecule has 0 spiro atoms. The Hall–Kier alpha value is -4.03. The van der Waals surface area contributed by atoms with Crippen LogP contribution in [0.1, 0.15) is 38.2 Å². The van der Waals surface area contributed by atoms with Crippen LogP contribution in [-0.2, 0) is 5.54 Å². The highest BCUT2D eigenvalue weighted by atomic mass is 32.1. The maximum atomic E-state index is 13.6. The van der Waals surface area contributed by atoms with Crippen molar-refractivity contribution in [1.29, 1.82) is 0 Å². The molecule has 5 heterocycles. The topological polar surface area (TPSA) is 114 Å². The summed E-state index contributed by atoms with van der Waals surface area (Å²) in [6, 6.07) is 13.4. The summed E-state index contributed by atoms with van der Waals surface area (Å²) in [7, 11) is 0. The lowest BCUT2D eigenvalue weighted by Gasteiger charge is -2.39. The highest BCUT2D eigenvalue weighted by molar-refractivity contribution is 7.22. The van der Waals surface area contributed by atoms with Gasteiger partial charge in [-0.15, -0.1) is 5.10 Å². The SMILES string of the molecule is CC(C)(C)n1nnnc1C(c1cc2cc3c(cc2[nH]c1=O)OCO3)N1CCN(c2nc3ccccc3s2)CC1. The van der Waals surface area contributed by atoms with E-state index in [1.807, 2.05) is 41.1 Å². The van der Waals surface area contributed by atoms with E-state index in [-0.39, 0.29) is 17.9 Å². The Kier molecular flexibility index (Phi) is 5.56. The zero-order chi connectivity index (χ0) is 26.7. The van der Waals surface area contributed by atoms with Gasteiger partial charge in [-0.2, -0.15) is 0 Å². The van der Waals surface area contributed by atoms with E-state index in [9.17, 15) is 4.79 Å². The Labute approximate surface area is 228 Å². The van der Waals surface area contributed by atoms with Crippen LogP contribution in [0.2, 0.25) is 0 Å². The van der Waals surface area contributed by atoms with Crippen LogP contribution in [0.25, 0.3) is 21.1 Å². The summed E-state index contributed by atoms with van der Waals surface area (Å²) in [4.78, 5) is 26.1. The minimum atomic E-state index is -0.435. The number of H-pyrrole nitrogens is 1. The number of benzene rings is 2. The molecule has 0 bridgehead atoms. The average Bonchev–Trinajstić information content (AvgIpc) is 3.67. The molecule has 2 aromatic carbocycles. The summed E-state index contributed by atoms with van der Waals surface area (Å²) in [5, 5.41) is 14.7. The molecule has 0 aliphatic carbocycles. The highest BCUT2D eigenvalue weighted by Crippen LogP contribution is 2.37. The number of nitrogens with zero attached hydrogens (tertiary/aromatic N) is 7. The molecule has 7 rings (SSSR count). The fourth-order valence-electron chi connectivity index (χ4n) is 5.32. The number of rotatable bonds is 4. The predicted molar refractivity (Wildman–Crippen MR) is 149 cm³/mol. The number of tetrazole rings is 1.